The lowest BCUT2D eigenvalue weighted by molar-refractivity contribution is -0.187. The van der Waals surface area contributed by atoms with E-state index < -0.39 is 23.3 Å². The zero-order chi connectivity index (χ0) is 10.7. The molecule has 0 nitrogen and oxygen atoms in total. The van der Waals surface area contributed by atoms with Gasteiger partial charge in [-0.15, -0.1) is 0 Å². The van der Waals surface area contributed by atoms with Gasteiger partial charge in [-0.05, 0) is 22.4 Å². The maximum Gasteiger partial charge on any atom is 0.366 e. The summed E-state index contributed by atoms with van der Waals surface area (Å²) in [6.45, 7) is 1.66. The Kier molecular flexibility index (Phi) is 4.62. The van der Waals surface area contributed by atoms with E-state index in [1.54, 1.807) is 6.92 Å². The molecule has 0 rings (SSSR count). The molecule has 0 saturated heterocycles. The van der Waals surface area contributed by atoms with Gasteiger partial charge in [-0.1, -0.05) is 19.8 Å². The largest absolute Gasteiger partial charge is 0.366 e. The Morgan fingerprint density at radius 3 is 2.00 bits per heavy atom. The van der Waals surface area contributed by atoms with Crippen molar-refractivity contribution in [2.75, 3.05) is 0 Å². The highest BCUT2D eigenvalue weighted by Gasteiger charge is 2.59. The molecule has 0 aliphatic carbocycles. The van der Waals surface area contributed by atoms with Gasteiger partial charge >= 0.3 is 10.8 Å². The van der Waals surface area contributed by atoms with E-state index in [2.05, 4.69) is 0 Å². The van der Waals surface area contributed by atoms with E-state index in [0.29, 0.717) is 6.42 Å². The highest BCUT2D eigenvalue weighted by Crippen LogP contribution is 2.44. The molecule has 0 aromatic rings. The number of hydrogen-bond donors (Lipinski definition) is 0. The van der Waals surface area contributed by atoms with E-state index in [0.717, 1.165) is 0 Å². The molecule has 13 heavy (non-hydrogen) atoms. The Balaban J connectivity index is 4.27. The molecule has 0 N–H and O–H groups in total. The molecule has 0 saturated carbocycles. The van der Waals surface area contributed by atoms with Gasteiger partial charge in [-0.2, -0.15) is 17.6 Å². The van der Waals surface area contributed by atoms with Crippen molar-refractivity contribution in [3.8, 4) is 0 Å². The van der Waals surface area contributed by atoms with Crippen molar-refractivity contribution >= 4 is 15.9 Å². The molecule has 0 aromatic heterocycles. The van der Waals surface area contributed by atoms with Crippen LogP contribution in [0.1, 0.15) is 26.2 Å². The fourth-order valence-electron chi connectivity index (χ4n) is 0.742. The van der Waals surface area contributed by atoms with Gasteiger partial charge in [0.25, 0.3) is 0 Å². The molecule has 0 radical (unpaired) electrons. The summed E-state index contributed by atoms with van der Waals surface area (Å²) in [5.41, 5.74) is 0. The van der Waals surface area contributed by atoms with Gasteiger partial charge in [0.05, 0.1) is 0 Å². The van der Waals surface area contributed by atoms with Gasteiger partial charge in [-0.25, -0.2) is 4.39 Å². The van der Waals surface area contributed by atoms with Crippen molar-refractivity contribution in [3.05, 3.63) is 0 Å². The van der Waals surface area contributed by atoms with Crippen molar-refractivity contribution in [2.45, 2.75) is 43.1 Å². The van der Waals surface area contributed by atoms with Crippen LogP contribution < -0.4 is 0 Å². The molecular formula is C7H10BrF5. The lowest BCUT2D eigenvalue weighted by atomic mass is 10.1. The molecule has 0 aliphatic rings. The van der Waals surface area contributed by atoms with Gasteiger partial charge < -0.3 is 0 Å². The second-order valence-corrected chi connectivity index (χ2v) is 3.73. The molecule has 1 atom stereocenters. The zero-order valence-corrected chi connectivity index (χ0v) is 8.55. The van der Waals surface area contributed by atoms with E-state index in [9.17, 15) is 22.0 Å². The van der Waals surface area contributed by atoms with Crippen LogP contribution in [0.2, 0.25) is 0 Å². The number of alkyl halides is 6. The first kappa shape index (κ1) is 13.1. The Labute approximate surface area is 81.6 Å². The summed E-state index contributed by atoms with van der Waals surface area (Å²) in [7, 11) is 0. The van der Waals surface area contributed by atoms with Gasteiger partial charge in [0, 0.05) is 0 Å². The maximum absolute atomic E-state index is 12.6. The summed E-state index contributed by atoms with van der Waals surface area (Å²) < 4.78 is 61.8. The molecule has 80 valence electrons. The van der Waals surface area contributed by atoms with Crippen LogP contribution in [0.4, 0.5) is 22.0 Å². The van der Waals surface area contributed by atoms with Crippen LogP contribution in [0.5, 0.6) is 0 Å². The minimum atomic E-state index is -4.64. The van der Waals surface area contributed by atoms with Crippen molar-refractivity contribution < 1.29 is 22.0 Å². The van der Waals surface area contributed by atoms with Gasteiger partial charge in [-0.3, -0.25) is 0 Å². The quantitative estimate of drug-likeness (QED) is 0.519. The lowest BCUT2D eigenvalue weighted by Gasteiger charge is -2.24. The average molecular weight is 269 g/mol. The van der Waals surface area contributed by atoms with Crippen LogP contribution >= 0.6 is 15.9 Å². The Morgan fingerprint density at radius 1 is 1.23 bits per heavy atom. The van der Waals surface area contributed by atoms with Crippen molar-refractivity contribution in [2.24, 2.45) is 0 Å². The summed E-state index contributed by atoms with van der Waals surface area (Å²) >= 11 is 1.47. The third kappa shape index (κ3) is 3.40. The number of hydrogen-bond acceptors (Lipinski definition) is 0. The molecule has 6 heteroatoms. The standard InChI is InChI=1S/C7H10BrF5/c1-2-3-4-5(9)6(10,11)7(8,12)13/h5H,2-4H2,1H3. The third-order valence-electron chi connectivity index (χ3n) is 1.58. The molecule has 0 fully saturated rings. The van der Waals surface area contributed by atoms with Crippen molar-refractivity contribution in [1.82, 2.24) is 0 Å². The first-order valence-corrected chi connectivity index (χ1v) is 4.61. The summed E-state index contributed by atoms with van der Waals surface area (Å²) in [5.74, 6) is -4.64. The summed E-state index contributed by atoms with van der Waals surface area (Å²) in [6, 6.07) is 0. The average Bonchev–Trinajstić information content (AvgIpc) is 1.97. The van der Waals surface area contributed by atoms with E-state index >= 15 is 0 Å². The normalized spacial score (nSPS) is 15.9. The maximum atomic E-state index is 12.6. The van der Waals surface area contributed by atoms with E-state index in [1.807, 2.05) is 0 Å². The summed E-state index contributed by atoms with van der Waals surface area (Å²) in [6.07, 6.45) is -2.70. The van der Waals surface area contributed by atoms with Crippen LogP contribution in [-0.2, 0) is 0 Å². The lowest BCUT2D eigenvalue weighted by Crippen LogP contribution is -2.43. The van der Waals surface area contributed by atoms with E-state index in [4.69, 9.17) is 0 Å². The highest BCUT2D eigenvalue weighted by atomic mass is 79.9. The van der Waals surface area contributed by atoms with Crippen LogP contribution in [0.15, 0.2) is 0 Å². The minimum Gasteiger partial charge on any atom is -0.241 e. The van der Waals surface area contributed by atoms with E-state index in [1.165, 1.54) is 15.9 Å². The predicted molar refractivity (Wildman–Crippen MR) is 43.2 cm³/mol. The van der Waals surface area contributed by atoms with Crippen LogP contribution in [0, 0.1) is 0 Å². The van der Waals surface area contributed by atoms with Gasteiger partial charge in [0.2, 0.25) is 0 Å². The van der Waals surface area contributed by atoms with Gasteiger partial charge in [0.15, 0.2) is 6.17 Å². The Hall–Kier alpha value is 0.130. The van der Waals surface area contributed by atoms with Crippen LogP contribution in [0.25, 0.3) is 0 Å². The Bertz CT molecular complexity index is 153. The topological polar surface area (TPSA) is 0 Å². The SMILES string of the molecule is CCCCC(F)C(F)(F)C(F)(F)Br. The van der Waals surface area contributed by atoms with Crippen molar-refractivity contribution in [3.63, 3.8) is 0 Å². The minimum absolute atomic E-state index is 0.167. The number of rotatable bonds is 5. The predicted octanol–water partition coefficient (Wildman–Crippen LogP) is 4.14. The molecule has 0 amide bonds. The second-order valence-electron chi connectivity index (χ2n) is 2.73. The van der Waals surface area contributed by atoms with Crippen LogP contribution in [0.3, 0.4) is 0 Å². The molecule has 0 spiro atoms. The summed E-state index contributed by atoms with van der Waals surface area (Å²) in [4.78, 5) is -4.48. The fraction of sp³-hybridized carbons (Fsp3) is 1.00. The first-order valence-electron chi connectivity index (χ1n) is 3.82. The molecular weight excluding hydrogens is 259 g/mol. The van der Waals surface area contributed by atoms with Crippen molar-refractivity contribution in [1.29, 1.82) is 0 Å². The number of halogens is 6. The molecule has 0 heterocycles. The summed E-state index contributed by atoms with van der Waals surface area (Å²) in [5, 5.41) is 0. The molecule has 0 bridgehead atoms. The number of unbranched alkanes of at least 4 members (excludes halogenated alkanes) is 1. The first-order chi connectivity index (χ1) is 5.73. The fourth-order valence-corrected chi connectivity index (χ4v) is 0.991. The highest BCUT2D eigenvalue weighted by molar-refractivity contribution is 9.10. The monoisotopic (exact) mass is 268 g/mol. The molecule has 0 aromatic carbocycles. The second kappa shape index (κ2) is 4.57. The van der Waals surface area contributed by atoms with Gasteiger partial charge in [0.1, 0.15) is 0 Å². The molecule has 0 aliphatic heterocycles. The molecule has 1 unspecified atom stereocenters. The smallest absolute Gasteiger partial charge is 0.241 e. The van der Waals surface area contributed by atoms with Crippen LogP contribution in [-0.4, -0.2) is 16.9 Å². The Morgan fingerprint density at radius 2 is 1.69 bits per heavy atom. The third-order valence-corrected chi connectivity index (χ3v) is 2.11. The zero-order valence-electron chi connectivity index (χ0n) is 6.97. The van der Waals surface area contributed by atoms with E-state index in [-0.39, 0.29) is 6.42 Å².